The van der Waals surface area contributed by atoms with Gasteiger partial charge in [0, 0.05) is 29.7 Å². The summed E-state index contributed by atoms with van der Waals surface area (Å²) < 4.78 is 1.90. The first-order valence-electron chi connectivity index (χ1n) is 4.63. The molecular weight excluding hydrogens is 188 g/mol. The van der Waals surface area contributed by atoms with Crippen molar-refractivity contribution in [1.82, 2.24) is 4.57 Å². The molecule has 74 valence electrons. The molecule has 3 nitrogen and oxygen atoms in total. The zero-order valence-corrected chi connectivity index (χ0v) is 8.61. The maximum absolute atomic E-state index is 11.4. The Morgan fingerprint density at radius 2 is 2.20 bits per heavy atom. The summed E-state index contributed by atoms with van der Waals surface area (Å²) >= 11 is 0. The van der Waals surface area contributed by atoms with E-state index < -0.39 is 0 Å². The van der Waals surface area contributed by atoms with Crippen LogP contribution in [0.25, 0.3) is 10.9 Å². The van der Waals surface area contributed by atoms with Crippen molar-refractivity contribution in [3.8, 4) is 6.07 Å². The molecule has 2 rings (SSSR count). The van der Waals surface area contributed by atoms with Crippen molar-refractivity contribution in [2.45, 2.75) is 6.92 Å². The number of aromatic nitrogens is 1. The first-order chi connectivity index (χ1) is 7.13. The first kappa shape index (κ1) is 9.47. The minimum atomic E-state index is 0.0238. The molecule has 0 aliphatic heterocycles. The minimum Gasteiger partial charge on any atom is -0.350 e. The molecule has 0 aliphatic carbocycles. The maximum Gasteiger partial charge on any atom is 0.161 e. The van der Waals surface area contributed by atoms with E-state index in [1.54, 1.807) is 18.3 Å². The van der Waals surface area contributed by atoms with E-state index in [0.29, 0.717) is 11.1 Å². The summed E-state index contributed by atoms with van der Waals surface area (Å²) in [6, 6.07) is 7.45. The van der Waals surface area contributed by atoms with Gasteiger partial charge >= 0.3 is 0 Å². The molecule has 0 spiro atoms. The number of hydrogen-bond acceptors (Lipinski definition) is 2. The van der Waals surface area contributed by atoms with Gasteiger partial charge in [-0.05, 0) is 25.1 Å². The molecule has 1 heterocycles. The summed E-state index contributed by atoms with van der Waals surface area (Å²) in [6.45, 7) is 1.54. The molecule has 0 N–H and O–H groups in total. The fourth-order valence-corrected chi connectivity index (χ4v) is 1.74. The van der Waals surface area contributed by atoms with E-state index in [1.807, 2.05) is 17.7 Å². The molecule has 3 heteroatoms. The third kappa shape index (κ3) is 1.40. The van der Waals surface area contributed by atoms with Gasteiger partial charge in [0.25, 0.3) is 0 Å². The molecule has 0 fully saturated rings. The van der Waals surface area contributed by atoms with E-state index in [0.717, 1.165) is 10.9 Å². The maximum atomic E-state index is 11.4. The van der Waals surface area contributed by atoms with Crippen LogP contribution in [0.15, 0.2) is 24.4 Å². The predicted octanol–water partition coefficient (Wildman–Crippen LogP) is 2.25. The molecule has 1 aromatic carbocycles. The van der Waals surface area contributed by atoms with Crippen LogP contribution in [0.2, 0.25) is 0 Å². The van der Waals surface area contributed by atoms with Crippen LogP contribution in [0.1, 0.15) is 22.8 Å². The quantitative estimate of drug-likeness (QED) is 0.660. The smallest absolute Gasteiger partial charge is 0.161 e. The van der Waals surface area contributed by atoms with Gasteiger partial charge < -0.3 is 4.57 Å². The number of rotatable bonds is 1. The number of fused-ring (bicyclic) bond motifs is 1. The number of ketones is 1. The Hall–Kier alpha value is -2.08. The highest BCUT2D eigenvalue weighted by Crippen LogP contribution is 2.22. The Kier molecular flexibility index (Phi) is 2.05. The highest BCUT2D eigenvalue weighted by molar-refractivity contribution is 6.07. The summed E-state index contributed by atoms with van der Waals surface area (Å²) in [5.74, 6) is 0.0238. The predicted molar refractivity (Wildman–Crippen MR) is 57.6 cm³/mol. The summed E-state index contributed by atoms with van der Waals surface area (Å²) in [6.07, 6.45) is 1.80. The topological polar surface area (TPSA) is 45.8 Å². The minimum absolute atomic E-state index is 0.0238. The van der Waals surface area contributed by atoms with Crippen LogP contribution in [-0.4, -0.2) is 10.4 Å². The van der Waals surface area contributed by atoms with Gasteiger partial charge in [0.05, 0.1) is 11.6 Å². The highest BCUT2D eigenvalue weighted by Gasteiger charge is 2.10. The summed E-state index contributed by atoms with van der Waals surface area (Å²) in [5, 5.41) is 9.64. The van der Waals surface area contributed by atoms with Crippen LogP contribution in [0.4, 0.5) is 0 Å². The number of Topliss-reactive ketones (excluding diaryl/α,β-unsaturated/α-hetero) is 1. The van der Waals surface area contributed by atoms with Gasteiger partial charge in [-0.3, -0.25) is 4.79 Å². The number of aryl methyl sites for hydroxylation is 1. The number of carbonyl (C=O) groups is 1. The molecular formula is C12H10N2O. The summed E-state index contributed by atoms with van der Waals surface area (Å²) in [7, 11) is 1.89. The SMILES string of the molecule is CC(=O)c1cn(C)c2ccc(C#N)cc12. The Morgan fingerprint density at radius 3 is 2.80 bits per heavy atom. The molecule has 0 bridgehead atoms. The molecule has 15 heavy (non-hydrogen) atoms. The van der Waals surface area contributed by atoms with Crippen molar-refractivity contribution in [3.63, 3.8) is 0 Å². The summed E-state index contributed by atoms with van der Waals surface area (Å²) in [5.41, 5.74) is 2.22. The second kappa shape index (κ2) is 3.25. The number of nitriles is 1. The Morgan fingerprint density at radius 1 is 1.47 bits per heavy atom. The van der Waals surface area contributed by atoms with Crippen molar-refractivity contribution in [2.75, 3.05) is 0 Å². The second-order valence-electron chi connectivity index (χ2n) is 3.55. The lowest BCUT2D eigenvalue weighted by molar-refractivity contribution is 0.101. The van der Waals surface area contributed by atoms with Crippen LogP contribution in [-0.2, 0) is 7.05 Å². The number of hydrogen-bond donors (Lipinski definition) is 0. The number of nitrogens with zero attached hydrogens (tertiary/aromatic N) is 2. The average Bonchev–Trinajstić information content (AvgIpc) is 2.56. The average molecular weight is 198 g/mol. The third-order valence-corrected chi connectivity index (χ3v) is 2.50. The number of carbonyl (C=O) groups excluding carboxylic acids is 1. The molecule has 0 unspecified atom stereocenters. The highest BCUT2D eigenvalue weighted by atomic mass is 16.1. The zero-order chi connectivity index (χ0) is 11.0. The van der Waals surface area contributed by atoms with Gasteiger partial charge in [-0.15, -0.1) is 0 Å². The molecule has 0 saturated carbocycles. The van der Waals surface area contributed by atoms with E-state index in [-0.39, 0.29) is 5.78 Å². The largest absolute Gasteiger partial charge is 0.350 e. The molecule has 0 saturated heterocycles. The molecule has 0 aliphatic rings. The lowest BCUT2D eigenvalue weighted by atomic mass is 10.1. The van der Waals surface area contributed by atoms with Crippen LogP contribution < -0.4 is 0 Å². The second-order valence-corrected chi connectivity index (χ2v) is 3.55. The zero-order valence-electron chi connectivity index (χ0n) is 8.61. The molecule has 2 aromatic rings. The van der Waals surface area contributed by atoms with Gasteiger partial charge in [-0.2, -0.15) is 5.26 Å². The lowest BCUT2D eigenvalue weighted by Gasteiger charge is -1.95. The summed E-state index contributed by atoms with van der Waals surface area (Å²) in [4.78, 5) is 11.4. The van der Waals surface area contributed by atoms with Gasteiger partial charge in [-0.1, -0.05) is 0 Å². The first-order valence-corrected chi connectivity index (χ1v) is 4.63. The van der Waals surface area contributed by atoms with Gasteiger partial charge in [-0.25, -0.2) is 0 Å². The van der Waals surface area contributed by atoms with Gasteiger partial charge in [0.1, 0.15) is 0 Å². The van der Waals surface area contributed by atoms with Crippen molar-refractivity contribution in [1.29, 1.82) is 5.26 Å². The van der Waals surface area contributed by atoms with Crippen molar-refractivity contribution in [3.05, 3.63) is 35.5 Å². The Labute approximate surface area is 87.5 Å². The Bertz CT molecular complexity index is 587. The van der Waals surface area contributed by atoms with E-state index in [9.17, 15) is 4.79 Å². The molecule has 0 radical (unpaired) electrons. The molecule has 0 amide bonds. The van der Waals surface area contributed by atoms with E-state index in [4.69, 9.17) is 5.26 Å². The van der Waals surface area contributed by atoms with Crippen LogP contribution in [0.5, 0.6) is 0 Å². The van der Waals surface area contributed by atoms with Gasteiger partial charge in [0.15, 0.2) is 5.78 Å². The fraction of sp³-hybridized carbons (Fsp3) is 0.167. The van der Waals surface area contributed by atoms with Crippen LogP contribution >= 0.6 is 0 Å². The molecule has 0 atom stereocenters. The van der Waals surface area contributed by atoms with E-state index >= 15 is 0 Å². The van der Waals surface area contributed by atoms with Gasteiger partial charge in [0.2, 0.25) is 0 Å². The molecule has 1 aromatic heterocycles. The van der Waals surface area contributed by atoms with E-state index in [2.05, 4.69) is 6.07 Å². The monoisotopic (exact) mass is 198 g/mol. The van der Waals surface area contributed by atoms with Crippen LogP contribution in [0.3, 0.4) is 0 Å². The standard InChI is InChI=1S/C12H10N2O/c1-8(15)11-7-14(2)12-4-3-9(6-13)5-10(11)12/h3-5,7H,1-2H3. The van der Waals surface area contributed by atoms with Crippen molar-refractivity contribution < 1.29 is 4.79 Å². The number of benzene rings is 1. The van der Waals surface area contributed by atoms with Crippen molar-refractivity contribution in [2.24, 2.45) is 7.05 Å². The third-order valence-electron chi connectivity index (χ3n) is 2.50. The van der Waals surface area contributed by atoms with Crippen LogP contribution in [0, 0.1) is 11.3 Å². The Balaban J connectivity index is 2.84. The normalized spacial score (nSPS) is 10.2. The van der Waals surface area contributed by atoms with Crippen molar-refractivity contribution >= 4 is 16.7 Å². The lowest BCUT2D eigenvalue weighted by Crippen LogP contribution is -1.89. The van der Waals surface area contributed by atoms with E-state index in [1.165, 1.54) is 6.92 Å². The fourth-order valence-electron chi connectivity index (χ4n) is 1.74.